The number of rotatable bonds is 6. The summed E-state index contributed by atoms with van der Waals surface area (Å²) in [6.45, 7) is 4.20. The molecule has 1 aromatic rings. The highest BCUT2D eigenvalue weighted by Gasteiger charge is 2.23. The van der Waals surface area contributed by atoms with E-state index in [0.29, 0.717) is 13.0 Å². The lowest BCUT2D eigenvalue weighted by Gasteiger charge is -2.17. The van der Waals surface area contributed by atoms with E-state index >= 15 is 0 Å². The third-order valence-corrected chi connectivity index (χ3v) is 3.62. The Bertz CT molecular complexity index is 473. The zero-order chi connectivity index (χ0) is 14.5. The van der Waals surface area contributed by atoms with E-state index in [1.54, 1.807) is 6.92 Å². The van der Waals surface area contributed by atoms with Gasteiger partial charge in [0.2, 0.25) is 0 Å². The van der Waals surface area contributed by atoms with E-state index in [2.05, 4.69) is 0 Å². The molecule has 4 nitrogen and oxygen atoms in total. The van der Waals surface area contributed by atoms with E-state index in [1.807, 2.05) is 25.1 Å². The van der Waals surface area contributed by atoms with Gasteiger partial charge in [0.25, 0.3) is 0 Å². The van der Waals surface area contributed by atoms with Crippen molar-refractivity contribution in [2.24, 2.45) is 5.73 Å². The molecular weight excluding hydrogens is 254 g/mol. The molecule has 1 aromatic carbocycles. The van der Waals surface area contributed by atoms with Crippen LogP contribution in [0.4, 0.5) is 0 Å². The molecule has 4 heteroatoms. The summed E-state index contributed by atoms with van der Waals surface area (Å²) in [7, 11) is 0. The maximum absolute atomic E-state index is 11.9. The Balaban J connectivity index is 2.09. The molecule has 0 fully saturated rings. The van der Waals surface area contributed by atoms with E-state index in [1.165, 1.54) is 11.1 Å². The quantitative estimate of drug-likeness (QED) is 0.812. The van der Waals surface area contributed by atoms with E-state index < -0.39 is 6.10 Å². The van der Waals surface area contributed by atoms with Crippen molar-refractivity contribution < 1.29 is 14.3 Å². The molecule has 0 aliphatic heterocycles. The number of benzene rings is 1. The van der Waals surface area contributed by atoms with Crippen LogP contribution in [0.25, 0.3) is 0 Å². The first-order valence-corrected chi connectivity index (χ1v) is 7.37. The van der Waals surface area contributed by atoms with E-state index in [4.69, 9.17) is 15.2 Å². The minimum Gasteiger partial charge on any atom is -0.479 e. The molecular formula is C16H23NO3. The van der Waals surface area contributed by atoms with E-state index in [-0.39, 0.29) is 12.0 Å². The Morgan fingerprint density at radius 3 is 2.95 bits per heavy atom. The van der Waals surface area contributed by atoms with Crippen LogP contribution in [0, 0.1) is 0 Å². The smallest absolute Gasteiger partial charge is 0.347 e. The largest absolute Gasteiger partial charge is 0.479 e. The molecule has 1 aliphatic carbocycles. The number of aryl methyl sites for hydroxylation is 1. The SMILES string of the molecule is CCCC(Oc1ccc2c(c1)CC[C@@H]2N)C(=O)OCC. The molecule has 1 aliphatic rings. The maximum atomic E-state index is 11.9. The van der Waals surface area contributed by atoms with Crippen LogP contribution in [-0.4, -0.2) is 18.7 Å². The minimum atomic E-state index is -0.520. The van der Waals surface area contributed by atoms with Crippen LogP contribution in [0.5, 0.6) is 5.75 Å². The molecule has 0 aromatic heterocycles. The molecule has 0 heterocycles. The van der Waals surface area contributed by atoms with E-state index in [9.17, 15) is 4.79 Å². The Labute approximate surface area is 120 Å². The Kier molecular flexibility index (Phi) is 5.01. The number of carbonyl (C=O) groups excluding carboxylic acids is 1. The average molecular weight is 277 g/mol. The summed E-state index contributed by atoms with van der Waals surface area (Å²) < 4.78 is 10.9. The number of carbonyl (C=O) groups is 1. The van der Waals surface area contributed by atoms with Gasteiger partial charge in [-0.1, -0.05) is 19.4 Å². The summed E-state index contributed by atoms with van der Waals surface area (Å²) in [4.78, 5) is 11.9. The van der Waals surface area contributed by atoms with Gasteiger partial charge in [-0.25, -0.2) is 4.79 Å². The number of esters is 1. The molecule has 0 amide bonds. The zero-order valence-electron chi connectivity index (χ0n) is 12.2. The number of hydrogen-bond acceptors (Lipinski definition) is 4. The highest BCUT2D eigenvalue weighted by Crippen LogP contribution is 2.32. The van der Waals surface area contributed by atoms with Gasteiger partial charge in [0.05, 0.1) is 6.61 Å². The van der Waals surface area contributed by atoms with Crippen molar-refractivity contribution in [3.8, 4) is 5.75 Å². The van der Waals surface area contributed by atoms with Crippen LogP contribution in [-0.2, 0) is 16.0 Å². The standard InChI is InChI=1S/C16H23NO3/c1-3-5-15(16(18)19-4-2)20-12-7-8-13-11(10-12)6-9-14(13)17/h7-8,10,14-15H,3-6,9,17H2,1-2H3/t14-,15?/m0/s1. The minimum absolute atomic E-state index is 0.135. The molecule has 0 saturated carbocycles. The summed E-state index contributed by atoms with van der Waals surface area (Å²) in [6.07, 6.45) is 2.98. The lowest BCUT2D eigenvalue weighted by molar-refractivity contribution is -0.151. The van der Waals surface area contributed by atoms with Crippen molar-refractivity contribution in [2.75, 3.05) is 6.61 Å². The molecule has 110 valence electrons. The molecule has 0 bridgehead atoms. The summed E-state index contributed by atoms with van der Waals surface area (Å²) in [5.41, 5.74) is 8.44. The molecule has 1 unspecified atom stereocenters. The van der Waals surface area contributed by atoms with Crippen molar-refractivity contribution in [2.45, 2.75) is 51.7 Å². The molecule has 2 N–H and O–H groups in total. The van der Waals surface area contributed by atoms with Crippen LogP contribution in [0.2, 0.25) is 0 Å². The fourth-order valence-corrected chi connectivity index (χ4v) is 2.59. The van der Waals surface area contributed by atoms with Crippen LogP contribution in [0.1, 0.15) is 50.3 Å². The maximum Gasteiger partial charge on any atom is 0.347 e. The molecule has 0 spiro atoms. The van der Waals surface area contributed by atoms with Crippen molar-refractivity contribution in [3.05, 3.63) is 29.3 Å². The number of ether oxygens (including phenoxy) is 2. The fraction of sp³-hybridized carbons (Fsp3) is 0.562. The third-order valence-electron chi connectivity index (χ3n) is 3.62. The van der Waals surface area contributed by atoms with Gasteiger partial charge in [-0.2, -0.15) is 0 Å². The van der Waals surface area contributed by atoms with E-state index in [0.717, 1.165) is 25.0 Å². The molecule has 0 saturated heterocycles. The topological polar surface area (TPSA) is 61.5 Å². The Morgan fingerprint density at radius 2 is 2.25 bits per heavy atom. The van der Waals surface area contributed by atoms with Gasteiger partial charge >= 0.3 is 5.97 Å². The molecule has 2 atom stereocenters. The van der Waals surface area contributed by atoms with Gasteiger partial charge in [-0.3, -0.25) is 0 Å². The van der Waals surface area contributed by atoms with Gasteiger partial charge in [-0.05, 0) is 49.4 Å². The lowest BCUT2D eigenvalue weighted by Crippen LogP contribution is -2.29. The van der Waals surface area contributed by atoms with Gasteiger partial charge in [0.1, 0.15) is 5.75 Å². The average Bonchev–Trinajstić information content (AvgIpc) is 2.80. The van der Waals surface area contributed by atoms with Crippen molar-refractivity contribution in [1.29, 1.82) is 0 Å². The highest BCUT2D eigenvalue weighted by molar-refractivity contribution is 5.75. The van der Waals surface area contributed by atoms with Crippen molar-refractivity contribution >= 4 is 5.97 Å². The number of hydrogen-bond donors (Lipinski definition) is 1. The molecule has 0 radical (unpaired) electrons. The number of nitrogens with two attached hydrogens (primary N) is 1. The Morgan fingerprint density at radius 1 is 1.45 bits per heavy atom. The second kappa shape index (κ2) is 6.75. The summed E-state index contributed by atoms with van der Waals surface area (Å²) >= 11 is 0. The zero-order valence-corrected chi connectivity index (χ0v) is 12.2. The number of fused-ring (bicyclic) bond motifs is 1. The van der Waals surface area contributed by atoms with Gasteiger partial charge in [0.15, 0.2) is 6.10 Å². The first-order chi connectivity index (χ1) is 9.65. The third kappa shape index (κ3) is 3.31. The van der Waals surface area contributed by atoms with Crippen molar-refractivity contribution in [3.63, 3.8) is 0 Å². The van der Waals surface area contributed by atoms with Crippen LogP contribution < -0.4 is 10.5 Å². The second-order valence-corrected chi connectivity index (χ2v) is 5.15. The lowest BCUT2D eigenvalue weighted by atomic mass is 10.1. The van der Waals surface area contributed by atoms with Crippen molar-refractivity contribution in [1.82, 2.24) is 0 Å². The van der Waals surface area contributed by atoms with Crippen LogP contribution >= 0.6 is 0 Å². The summed E-state index contributed by atoms with van der Waals surface area (Å²) in [5.74, 6) is 0.441. The van der Waals surface area contributed by atoms with Gasteiger partial charge in [0, 0.05) is 6.04 Å². The Hall–Kier alpha value is -1.55. The summed E-state index contributed by atoms with van der Waals surface area (Å²) in [5, 5.41) is 0. The highest BCUT2D eigenvalue weighted by atomic mass is 16.6. The second-order valence-electron chi connectivity index (χ2n) is 5.15. The molecule has 20 heavy (non-hydrogen) atoms. The normalized spacial score (nSPS) is 18.4. The molecule has 2 rings (SSSR count). The van der Waals surface area contributed by atoms with Gasteiger partial charge < -0.3 is 15.2 Å². The van der Waals surface area contributed by atoms with Gasteiger partial charge in [-0.15, -0.1) is 0 Å². The monoisotopic (exact) mass is 277 g/mol. The van der Waals surface area contributed by atoms with Crippen LogP contribution in [0.3, 0.4) is 0 Å². The van der Waals surface area contributed by atoms with Crippen LogP contribution in [0.15, 0.2) is 18.2 Å². The first-order valence-electron chi connectivity index (χ1n) is 7.37. The predicted octanol–water partition coefficient (Wildman–Crippen LogP) is 2.74. The predicted molar refractivity (Wildman–Crippen MR) is 77.6 cm³/mol. The first kappa shape index (κ1) is 14.9. The fourth-order valence-electron chi connectivity index (χ4n) is 2.59. The summed E-state index contributed by atoms with van der Waals surface area (Å²) in [6, 6.07) is 6.04.